The number of nitrogens with one attached hydrogen (secondary N) is 1. The lowest BCUT2D eigenvalue weighted by molar-refractivity contribution is -0.131. The van der Waals surface area contributed by atoms with Crippen molar-refractivity contribution in [2.75, 3.05) is 31.1 Å². The van der Waals surface area contributed by atoms with Crippen LogP contribution in [0.4, 0.5) is 5.82 Å². The number of aromatic amines is 1. The van der Waals surface area contributed by atoms with Crippen LogP contribution in [-0.4, -0.2) is 56.5 Å². The fourth-order valence-electron chi connectivity index (χ4n) is 4.16. The summed E-state index contributed by atoms with van der Waals surface area (Å²) in [7, 11) is 0. The van der Waals surface area contributed by atoms with Crippen molar-refractivity contribution in [3.8, 4) is 0 Å². The van der Waals surface area contributed by atoms with E-state index in [9.17, 15) is 9.59 Å². The SMILES string of the molecule is Cc1ccc2[nH]c3c(=O)n(CCC(=O)N4CCN(c5ccccn5)CC4)cnc3c2c1. The summed E-state index contributed by atoms with van der Waals surface area (Å²) >= 11 is 0. The normalized spacial score (nSPS) is 14.5. The smallest absolute Gasteiger partial charge is 0.277 e. The molecule has 8 heteroatoms. The number of anilines is 1. The lowest BCUT2D eigenvalue weighted by atomic mass is 10.2. The predicted octanol–water partition coefficient (Wildman–Crippen LogP) is 2.32. The molecular weight excluding hydrogens is 392 g/mol. The van der Waals surface area contributed by atoms with E-state index in [0.29, 0.717) is 30.7 Å². The third-order valence-corrected chi connectivity index (χ3v) is 5.90. The van der Waals surface area contributed by atoms with Gasteiger partial charge in [-0.25, -0.2) is 9.97 Å². The molecule has 1 aliphatic heterocycles. The van der Waals surface area contributed by atoms with Gasteiger partial charge in [-0.2, -0.15) is 0 Å². The highest BCUT2D eigenvalue weighted by molar-refractivity contribution is 6.04. The number of aryl methyl sites for hydroxylation is 2. The summed E-state index contributed by atoms with van der Waals surface area (Å²) < 4.78 is 1.52. The van der Waals surface area contributed by atoms with Crippen LogP contribution in [0.25, 0.3) is 21.9 Å². The molecule has 1 aromatic carbocycles. The number of hydrogen-bond acceptors (Lipinski definition) is 5. The highest BCUT2D eigenvalue weighted by Crippen LogP contribution is 2.22. The molecule has 1 aliphatic rings. The average Bonchev–Trinajstić information content (AvgIpc) is 3.18. The molecule has 0 radical (unpaired) electrons. The van der Waals surface area contributed by atoms with Crippen LogP contribution in [0.15, 0.2) is 53.7 Å². The van der Waals surface area contributed by atoms with Gasteiger partial charge in [-0.05, 0) is 31.2 Å². The van der Waals surface area contributed by atoms with E-state index >= 15 is 0 Å². The maximum Gasteiger partial charge on any atom is 0.277 e. The zero-order valence-electron chi connectivity index (χ0n) is 17.4. The minimum absolute atomic E-state index is 0.0555. The summed E-state index contributed by atoms with van der Waals surface area (Å²) in [6.45, 7) is 5.15. The van der Waals surface area contributed by atoms with E-state index < -0.39 is 0 Å². The minimum Gasteiger partial charge on any atom is -0.353 e. The minimum atomic E-state index is -0.147. The first-order valence-corrected chi connectivity index (χ1v) is 10.5. The van der Waals surface area contributed by atoms with Gasteiger partial charge in [-0.1, -0.05) is 17.7 Å². The predicted molar refractivity (Wildman–Crippen MR) is 120 cm³/mol. The average molecular weight is 416 g/mol. The number of H-pyrrole nitrogens is 1. The molecule has 4 aromatic rings. The monoisotopic (exact) mass is 416 g/mol. The molecule has 0 unspecified atom stereocenters. The Morgan fingerprint density at radius 3 is 2.71 bits per heavy atom. The molecule has 1 N–H and O–H groups in total. The van der Waals surface area contributed by atoms with Gasteiger partial charge in [0.1, 0.15) is 16.9 Å². The maximum absolute atomic E-state index is 12.9. The summed E-state index contributed by atoms with van der Waals surface area (Å²) in [6.07, 6.45) is 3.60. The summed E-state index contributed by atoms with van der Waals surface area (Å²) in [4.78, 5) is 41.7. The van der Waals surface area contributed by atoms with Crippen molar-refractivity contribution in [3.05, 3.63) is 64.8 Å². The Balaban J connectivity index is 1.26. The number of carbonyl (C=O) groups excluding carboxylic acids is 1. The van der Waals surface area contributed by atoms with Gasteiger partial charge in [-0.3, -0.25) is 14.2 Å². The molecule has 158 valence electrons. The van der Waals surface area contributed by atoms with Gasteiger partial charge >= 0.3 is 0 Å². The van der Waals surface area contributed by atoms with Crippen LogP contribution < -0.4 is 10.5 Å². The number of piperazine rings is 1. The summed E-state index contributed by atoms with van der Waals surface area (Å²) in [5.74, 6) is 0.994. The third-order valence-electron chi connectivity index (χ3n) is 5.90. The van der Waals surface area contributed by atoms with Crippen LogP contribution in [-0.2, 0) is 11.3 Å². The molecular formula is C23H24N6O2. The van der Waals surface area contributed by atoms with Crippen LogP contribution in [0.2, 0.25) is 0 Å². The van der Waals surface area contributed by atoms with E-state index in [-0.39, 0.29) is 17.9 Å². The van der Waals surface area contributed by atoms with Crippen LogP contribution >= 0.6 is 0 Å². The highest BCUT2D eigenvalue weighted by Gasteiger charge is 2.22. The van der Waals surface area contributed by atoms with Crippen molar-refractivity contribution in [2.24, 2.45) is 0 Å². The summed E-state index contributed by atoms with van der Waals surface area (Å²) in [6, 6.07) is 11.8. The molecule has 1 amide bonds. The molecule has 5 rings (SSSR count). The number of benzene rings is 1. The number of amides is 1. The van der Waals surface area contributed by atoms with E-state index in [1.165, 1.54) is 4.57 Å². The molecule has 31 heavy (non-hydrogen) atoms. The Hall–Kier alpha value is -3.68. The van der Waals surface area contributed by atoms with Crippen molar-refractivity contribution in [1.29, 1.82) is 0 Å². The number of rotatable bonds is 4. The van der Waals surface area contributed by atoms with E-state index in [4.69, 9.17) is 0 Å². The molecule has 8 nitrogen and oxygen atoms in total. The molecule has 3 aromatic heterocycles. The molecule has 0 saturated carbocycles. The fourth-order valence-corrected chi connectivity index (χ4v) is 4.16. The number of nitrogens with zero attached hydrogens (tertiary/aromatic N) is 5. The zero-order chi connectivity index (χ0) is 21.4. The van der Waals surface area contributed by atoms with Gasteiger partial charge in [-0.15, -0.1) is 0 Å². The van der Waals surface area contributed by atoms with Crippen molar-refractivity contribution >= 4 is 33.7 Å². The number of carbonyl (C=O) groups is 1. The van der Waals surface area contributed by atoms with E-state index in [2.05, 4.69) is 19.9 Å². The Morgan fingerprint density at radius 2 is 1.94 bits per heavy atom. The molecule has 0 aliphatic carbocycles. The molecule has 1 saturated heterocycles. The first-order valence-electron chi connectivity index (χ1n) is 10.5. The second-order valence-corrected chi connectivity index (χ2v) is 7.95. The Bertz CT molecular complexity index is 1300. The second-order valence-electron chi connectivity index (χ2n) is 7.95. The van der Waals surface area contributed by atoms with Gasteiger partial charge in [0.05, 0.1) is 6.33 Å². The van der Waals surface area contributed by atoms with Crippen molar-refractivity contribution in [1.82, 2.24) is 24.4 Å². The molecule has 0 atom stereocenters. The van der Waals surface area contributed by atoms with E-state index in [1.54, 1.807) is 12.5 Å². The second kappa shape index (κ2) is 7.86. The van der Waals surface area contributed by atoms with Crippen LogP contribution in [0.3, 0.4) is 0 Å². The zero-order valence-corrected chi connectivity index (χ0v) is 17.4. The highest BCUT2D eigenvalue weighted by atomic mass is 16.2. The first kappa shape index (κ1) is 19.3. The number of aromatic nitrogens is 4. The Kier molecular flexibility index (Phi) is 4.89. The van der Waals surface area contributed by atoms with Crippen LogP contribution in [0.1, 0.15) is 12.0 Å². The Morgan fingerprint density at radius 1 is 1.10 bits per heavy atom. The molecule has 0 bridgehead atoms. The van der Waals surface area contributed by atoms with Gasteiger partial charge < -0.3 is 14.8 Å². The van der Waals surface area contributed by atoms with Crippen molar-refractivity contribution in [3.63, 3.8) is 0 Å². The maximum atomic E-state index is 12.9. The van der Waals surface area contributed by atoms with Gasteiger partial charge in [0.2, 0.25) is 5.91 Å². The lowest BCUT2D eigenvalue weighted by Gasteiger charge is -2.35. The van der Waals surface area contributed by atoms with Crippen molar-refractivity contribution < 1.29 is 4.79 Å². The third kappa shape index (κ3) is 3.65. The molecule has 1 fully saturated rings. The topological polar surface area (TPSA) is 87.1 Å². The summed E-state index contributed by atoms with van der Waals surface area (Å²) in [5, 5.41) is 0.945. The fraction of sp³-hybridized carbons (Fsp3) is 0.304. The van der Waals surface area contributed by atoms with Crippen LogP contribution in [0, 0.1) is 6.92 Å². The molecule has 0 spiro atoms. The van der Waals surface area contributed by atoms with Gasteiger partial charge in [0, 0.05) is 56.2 Å². The quantitative estimate of drug-likeness (QED) is 0.552. The number of fused-ring (bicyclic) bond motifs is 3. The van der Waals surface area contributed by atoms with Crippen LogP contribution in [0.5, 0.6) is 0 Å². The standard InChI is InChI=1S/C23H24N6O2/c1-16-5-6-18-17(14-16)21-22(26-18)23(31)29(15-25-21)9-7-20(30)28-12-10-27(11-13-28)19-4-2-3-8-24-19/h2-6,8,14-15,26H,7,9-13H2,1H3. The molecule has 4 heterocycles. The lowest BCUT2D eigenvalue weighted by Crippen LogP contribution is -2.49. The first-order chi connectivity index (χ1) is 15.1. The Labute approximate surface area is 179 Å². The largest absolute Gasteiger partial charge is 0.353 e. The van der Waals surface area contributed by atoms with Gasteiger partial charge in [0.25, 0.3) is 5.56 Å². The number of hydrogen-bond donors (Lipinski definition) is 1. The van der Waals surface area contributed by atoms with Crippen molar-refractivity contribution in [2.45, 2.75) is 19.9 Å². The summed E-state index contributed by atoms with van der Waals surface area (Å²) in [5.41, 5.74) is 3.03. The van der Waals surface area contributed by atoms with E-state index in [0.717, 1.165) is 35.4 Å². The van der Waals surface area contributed by atoms with E-state index in [1.807, 2.05) is 48.2 Å². The van der Waals surface area contributed by atoms with Gasteiger partial charge in [0.15, 0.2) is 0 Å². The number of pyridine rings is 1.